The van der Waals surface area contributed by atoms with Gasteiger partial charge in [0.1, 0.15) is 11.4 Å². The van der Waals surface area contributed by atoms with E-state index in [9.17, 15) is 24.0 Å². The summed E-state index contributed by atoms with van der Waals surface area (Å²) < 4.78 is 11.0. The number of hydrogen-bond donors (Lipinski definition) is 2. The third kappa shape index (κ3) is 7.36. The van der Waals surface area contributed by atoms with Gasteiger partial charge in [0, 0.05) is 50.7 Å². The topological polar surface area (TPSA) is 150 Å². The smallest absolute Gasteiger partial charge is 0.409 e. The van der Waals surface area contributed by atoms with E-state index in [2.05, 4.69) is 15.6 Å². The number of piperazine rings is 2. The summed E-state index contributed by atoms with van der Waals surface area (Å²) >= 11 is 0. The maximum absolute atomic E-state index is 12.9. The van der Waals surface area contributed by atoms with Gasteiger partial charge in [-0.3, -0.25) is 19.2 Å². The van der Waals surface area contributed by atoms with Crippen LogP contribution < -0.4 is 15.4 Å². The highest BCUT2D eigenvalue weighted by Crippen LogP contribution is 2.25. The van der Waals surface area contributed by atoms with Crippen LogP contribution in [-0.2, 0) is 19.1 Å². The quantitative estimate of drug-likeness (QED) is 0.423. The van der Waals surface area contributed by atoms with Crippen LogP contribution in [0.5, 0.6) is 5.75 Å². The molecule has 0 saturated carbocycles. The second-order valence-corrected chi connectivity index (χ2v) is 9.50. The predicted molar refractivity (Wildman–Crippen MR) is 144 cm³/mol. The number of carbonyl (C=O) groups is 5. The van der Waals surface area contributed by atoms with Crippen LogP contribution in [0.1, 0.15) is 30.3 Å². The van der Waals surface area contributed by atoms with Crippen LogP contribution in [0, 0.1) is 0 Å². The van der Waals surface area contributed by atoms with Crippen LogP contribution in [-0.4, -0.2) is 115 Å². The molecule has 2 aliphatic rings. The molecule has 40 heavy (non-hydrogen) atoms. The van der Waals surface area contributed by atoms with Crippen molar-refractivity contribution in [2.75, 3.05) is 65.6 Å². The number of carbonyl (C=O) groups excluding carboxylic acids is 5. The van der Waals surface area contributed by atoms with Gasteiger partial charge in [-0.15, -0.1) is 0 Å². The SMILES string of the molecule is CCCCOC(=O)N1CCN(C(=O)CNC(=O)c2cc(OCC(=O)N3CCNC(=O)C3)c3ccccc3n2)CC1. The minimum absolute atomic E-state index is 0.0287. The van der Waals surface area contributed by atoms with Crippen molar-refractivity contribution in [3.63, 3.8) is 0 Å². The first-order valence-corrected chi connectivity index (χ1v) is 13.4. The number of ether oxygens (including phenoxy) is 2. The van der Waals surface area contributed by atoms with E-state index < -0.39 is 5.91 Å². The Kier molecular flexibility index (Phi) is 9.71. The van der Waals surface area contributed by atoms with E-state index in [-0.39, 0.29) is 49.2 Å². The monoisotopic (exact) mass is 554 g/mol. The number of para-hydroxylation sites is 1. The molecule has 2 N–H and O–H groups in total. The summed E-state index contributed by atoms with van der Waals surface area (Å²) in [6.07, 6.45) is 1.36. The van der Waals surface area contributed by atoms with Gasteiger partial charge in [-0.2, -0.15) is 0 Å². The van der Waals surface area contributed by atoms with E-state index >= 15 is 0 Å². The molecule has 2 saturated heterocycles. The Labute approximate surface area is 231 Å². The number of fused-ring (bicyclic) bond motifs is 1. The van der Waals surface area contributed by atoms with Crippen LogP contribution in [0.15, 0.2) is 30.3 Å². The van der Waals surface area contributed by atoms with Crippen molar-refractivity contribution in [3.8, 4) is 5.75 Å². The lowest BCUT2D eigenvalue weighted by atomic mass is 10.1. The highest BCUT2D eigenvalue weighted by Gasteiger charge is 2.26. The average Bonchev–Trinajstić information content (AvgIpc) is 2.98. The molecule has 0 bridgehead atoms. The first-order valence-electron chi connectivity index (χ1n) is 13.4. The molecule has 0 radical (unpaired) electrons. The molecule has 0 spiro atoms. The number of aromatic nitrogens is 1. The van der Waals surface area contributed by atoms with Gasteiger partial charge >= 0.3 is 6.09 Å². The number of unbranched alkanes of at least 4 members (excludes halogenated alkanes) is 1. The third-order valence-electron chi connectivity index (χ3n) is 6.67. The van der Waals surface area contributed by atoms with Crippen LogP contribution in [0.2, 0.25) is 0 Å². The molecule has 5 amide bonds. The van der Waals surface area contributed by atoms with Crippen LogP contribution in [0.25, 0.3) is 10.9 Å². The number of amides is 5. The standard InChI is InChI=1S/C27H34N6O7/c1-2-3-14-39-27(38)32-12-10-31(11-13-32)24(35)16-29-26(37)21-15-22(19-6-4-5-7-20(19)30-21)40-18-25(36)33-9-8-28-23(34)17-33/h4-7,15H,2-3,8-14,16-18H2,1H3,(H,28,34)(H,29,37). The molecule has 4 rings (SSSR count). The molecule has 2 fully saturated rings. The first-order chi connectivity index (χ1) is 19.4. The van der Waals surface area contributed by atoms with Crippen molar-refractivity contribution in [1.82, 2.24) is 30.3 Å². The van der Waals surface area contributed by atoms with Crippen molar-refractivity contribution in [3.05, 3.63) is 36.0 Å². The van der Waals surface area contributed by atoms with Crippen molar-refractivity contribution in [1.29, 1.82) is 0 Å². The second-order valence-electron chi connectivity index (χ2n) is 9.50. The predicted octanol–water partition coefficient (Wildman–Crippen LogP) is 0.383. The molecular formula is C27H34N6O7. The van der Waals surface area contributed by atoms with Crippen LogP contribution >= 0.6 is 0 Å². The molecule has 0 atom stereocenters. The zero-order valence-electron chi connectivity index (χ0n) is 22.5. The summed E-state index contributed by atoms with van der Waals surface area (Å²) in [7, 11) is 0. The molecule has 2 aliphatic heterocycles. The molecule has 2 aromatic rings. The zero-order valence-corrected chi connectivity index (χ0v) is 22.5. The first kappa shape index (κ1) is 28.6. The van der Waals surface area contributed by atoms with Crippen molar-refractivity contribution < 1.29 is 33.4 Å². The van der Waals surface area contributed by atoms with Gasteiger partial charge in [0.15, 0.2) is 6.61 Å². The van der Waals surface area contributed by atoms with Gasteiger partial charge in [-0.25, -0.2) is 9.78 Å². The molecule has 3 heterocycles. The Morgan fingerprint density at radius 3 is 2.50 bits per heavy atom. The summed E-state index contributed by atoms with van der Waals surface area (Å²) in [5, 5.41) is 5.89. The van der Waals surface area contributed by atoms with E-state index in [1.807, 2.05) is 6.92 Å². The third-order valence-corrected chi connectivity index (χ3v) is 6.67. The minimum atomic E-state index is -0.568. The Hall–Kier alpha value is -4.42. The van der Waals surface area contributed by atoms with Crippen molar-refractivity contribution in [2.24, 2.45) is 0 Å². The maximum atomic E-state index is 12.9. The summed E-state index contributed by atoms with van der Waals surface area (Å²) in [6.45, 7) is 4.01. The van der Waals surface area contributed by atoms with Crippen molar-refractivity contribution >= 4 is 40.6 Å². The lowest BCUT2D eigenvalue weighted by Crippen LogP contribution is -2.52. The van der Waals surface area contributed by atoms with E-state index in [0.29, 0.717) is 62.5 Å². The number of nitrogens with one attached hydrogen (secondary N) is 2. The number of rotatable bonds is 9. The number of hydrogen-bond acceptors (Lipinski definition) is 8. The number of pyridine rings is 1. The highest BCUT2D eigenvalue weighted by atomic mass is 16.6. The molecular weight excluding hydrogens is 520 g/mol. The fraction of sp³-hybridized carbons (Fsp3) is 0.481. The molecule has 0 aliphatic carbocycles. The van der Waals surface area contributed by atoms with E-state index in [1.165, 1.54) is 11.0 Å². The Morgan fingerprint density at radius 1 is 1.00 bits per heavy atom. The van der Waals surface area contributed by atoms with E-state index in [4.69, 9.17) is 9.47 Å². The fourth-order valence-electron chi connectivity index (χ4n) is 4.35. The van der Waals surface area contributed by atoms with Gasteiger partial charge in [-0.05, 0) is 18.6 Å². The minimum Gasteiger partial charge on any atom is -0.483 e. The number of benzene rings is 1. The lowest BCUT2D eigenvalue weighted by molar-refractivity contribution is -0.139. The van der Waals surface area contributed by atoms with Gasteiger partial charge in [0.2, 0.25) is 11.8 Å². The van der Waals surface area contributed by atoms with E-state index in [1.54, 1.807) is 34.1 Å². The second kappa shape index (κ2) is 13.6. The maximum Gasteiger partial charge on any atom is 0.409 e. The number of nitrogens with zero attached hydrogens (tertiary/aromatic N) is 4. The largest absolute Gasteiger partial charge is 0.483 e. The molecule has 1 aromatic carbocycles. The molecule has 1 aromatic heterocycles. The fourth-order valence-corrected chi connectivity index (χ4v) is 4.35. The lowest BCUT2D eigenvalue weighted by Gasteiger charge is -2.34. The zero-order chi connectivity index (χ0) is 28.5. The molecule has 13 nitrogen and oxygen atoms in total. The van der Waals surface area contributed by atoms with Crippen molar-refractivity contribution in [2.45, 2.75) is 19.8 Å². The highest BCUT2D eigenvalue weighted by molar-refractivity contribution is 5.98. The van der Waals surface area contributed by atoms with Gasteiger partial charge in [-0.1, -0.05) is 25.5 Å². The van der Waals surface area contributed by atoms with Gasteiger partial charge < -0.3 is 34.8 Å². The normalized spacial score (nSPS) is 15.4. The molecule has 0 unspecified atom stereocenters. The average molecular weight is 555 g/mol. The molecule has 13 heteroatoms. The van der Waals surface area contributed by atoms with E-state index in [0.717, 1.165) is 12.8 Å². The summed E-state index contributed by atoms with van der Waals surface area (Å²) in [5.41, 5.74) is 0.522. The summed E-state index contributed by atoms with van der Waals surface area (Å²) in [5.74, 6) is -1.13. The van der Waals surface area contributed by atoms with Crippen LogP contribution in [0.4, 0.5) is 4.79 Å². The summed E-state index contributed by atoms with van der Waals surface area (Å²) in [4.78, 5) is 70.9. The Morgan fingerprint density at radius 2 is 1.75 bits per heavy atom. The molecule has 214 valence electrons. The van der Waals surface area contributed by atoms with Gasteiger partial charge in [0.25, 0.3) is 11.8 Å². The van der Waals surface area contributed by atoms with Gasteiger partial charge in [0.05, 0.1) is 25.2 Å². The van der Waals surface area contributed by atoms with Crippen LogP contribution in [0.3, 0.4) is 0 Å². The Balaban J connectivity index is 1.32. The summed E-state index contributed by atoms with van der Waals surface area (Å²) in [6, 6.07) is 8.47. The Bertz CT molecular complexity index is 1260.